The zero-order valence-electron chi connectivity index (χ0n) is 12.7. The maximum Gasteiger partial charge on any atom is 0.271 e. The molecule has 4 N–H and O–H groups in total. The van der Waals surface area contributed by atoms with E-state index >= 15 is 0 Å². The first-order valence-corrected chi connectivity index (χ1v) is 8.87. The average Bonchev–Trinajstić information content (AvgIpc) is 2.83. The number of nitro benzene ring substituents is 1. The van der Waals surface area contributed by atoms with Gasteiger partial charge in [0.25, 0.3) is 5.69 Å². The standard InChI is InChI=1S/C13H18N4O6S/c14-24(22,23)8-9-5-13(19)16(7-9)12-6-10(17(20)21)1-2-11(12)15-3-4-18/h1-2,6,9,15,18H,3-5,7-8H2,(H2,14,22,23). The number of nitrogens with two attached hydrogens (primary N) is 1. The molecule has 0 aliphatic carbocycles. The molecule has 0 bridgehead atoms. The van der Waals surface area contributed by atoms with Gasteiger partial charge in [-0.3, -0.25) is 14.9 Å². The maximum absolute atomic E-state index is 12.2. The topological polar surface area (TPSA) is 156 Å². The highest BCUT2D eigenvalue weighted by Gasteiger charge is 2.34. The molecule has 0 radical (unpaired) electrons. The summed E-state index contributed by atoms with van der Waals surface area (Å²) in [5, 5.41) is 27.8. The molecule has 1 saturated heterocycles. The number of hydrogen-bond acceptors (Lipinski definition) is 7. The number of nitro groups is 1. The van der Waals surface area contributed by atoms with Crippen LogP contribution in [0.5, 0.6) is 0 Å². The number of benzene rings is 1. The molecule has 132 valence electrons. The van der Waals surface area contributed by atoms with Gasteiger partial charge in [0.05, 0.1) is 28.7 Å². The van der Waals surface area contributed by atoms with Crippen LogP contribution in [0.25, 0.3) is 0 Å². The van der Waals surface area contributed by atoms with E-state index in [0.717, 1.165) is 0 Å². The number of amides is 1. The van der Waals surface area contributed by atoms with Crippen LogP contribution in [0.3, 0.4) is 0 Å². The third kappa shape index (κ3) is 4.40. The van der Waals surface area contributed by atoms with Crippen molar-refractivity contribution in [2.24, 2.45) is 11.1 Å². The van der Waals surface area contributed by atoms with E-state index in [-0.39, 0.29) is 49.2 Å². The minimum atomic E-state index is -3.72. The van der Waals surface area contributed by atoms with Crippen LogP contribution in [-0.2, 0) is 14.8 Å². The van der Waals surface area contributed by atoms with Crippen molar-refractivity contribution in [1.29, 1.82) is 0 Å². The number of aliphatic hydroxyl groups excluding tert-OH is 1. The molecule has 24 heavy (non-hydrogen) atoms. The number of anilines is 2. The van der Waals surface area contributed by atoms with Crippen LogP contribution in [0.4, 0.5) is 17.1 Å². The number of nitrogens with zero attached hydrogens (tertiary/aromatic N) is 2. The Bertz CT molecular complexity index is 751. The Labute approximate surface area is 138 Å². The largest absolute Gasteiger partial charge is 0.395 e. The quantitative estimate of drug-likeness (QED) is 0.444. The van der Waals surface area contributed by atoms with Gasteiger partial charge in [0, 0.05) is 37.6 Å². The molecule has 11 heteroatoms. The van der Waals surface area contributed by atoms with Crippen molar-refractivity contribution in [1.82, 2.24) is 0 Å². The zero-order valence-corrected chi connectivity index (χ0v) is 13.5. The van der Waals surface area contributed by atoms with Crippen LogP contribution < -0.4 is 15.4 Å². The van der Waals surface area contributed by atoms with E-state index in [2.05, 4.69) is 5.32 Å². The van der Waals surface area contributed by atoms with Gasteiger partial charge in [-0.1, -0.05) is 0 Å². The van der Waals surface area contributed by atoms with Crippen molar-refractivity contribution in [2.45, 2.75) is 6.42 Å². The summed E-state index contributed by atoms with van der Waals surface area (Å²) in [4.78, 5) is 23.9. The molecule has 1 aliphatic rings. The van der Waals surface area contributed by atoms with E-state index in [1.807, 2.05) is 0 Å². The Balaban J connectivity index is 2.32. The first-order valence-electron chi connectivity index (χ1n) is 7.15. The second-order valence-corrected chi connectivity index (χ2v) is 7.17. The fourth-order valence-electron chi connectivity index (χ4n) is 2.65. The minimum Gasteiger partial charge on any atom is -0.395 e. The highest BCUT2D eigenvalue weighted by molar-refractivity contribution is 7.89. The first kappa shape index (κ1) is 18.1. The predicted molar refractivity (Wildman–Crippen MR) is 87.1 cm³/mol. The van der Waals surface area contributed by atoms with Crippen LogP contribution in [-0.4, -0.2) is 49.8 Å². The highest BCUT2D eigenvalue weighted by atomic mass is 32.2. The molecule has 1 aromatic rings. The van der Waals surface area contributed by atoms with Gasteiger partial charge < -0.3 is 15.3 Å². The lowest BCUT2D eigenvalue weighted by Gasteiger charge is -2.21. The summed E-state index contributed by atoms with van der Waals surface area (Å²) < 4.78 is 22.4. The molecule has 2 rings (SSSR count). The number of nitrogens with one attached hydrogen (secondary N) is 1. The molecule has 1 unspecified atom stereocenters. The second-order valence-electron chi connectivity index (χ2n) is 5.51. The summed E-state index contributed by atoms with van der Waals surface area (Å²) in [6.45, 7) is 0.149. The van der Waals surface area contributed by atoms with Crippen LogP contribution >= 0.6 is 0 Å². The molecule has 0 aromatic heterocycles. The predicted octanol–water partition coefficient (Wildman–Crippen LogP) is -0.360. The molecule has 1 fully saturated rings. The number of rotatable bonds is 7. The minimum absolute atomic E-state index is 0.00143. The number of aliphatic hydroxyl groups is 1. The normalized spacial score (nSPS) is 18.0. The number of non-ortho nitro benzene ring substituents is 1. The van der Waals surface area contributed by atoms with Crippen molar-refractivity contribution in [3.8, 4) is 0 Å². The Morgan fingerprint density at radius 1 is 1.46 bits per heavy atom. The van der Waals surface area contributed by atoms with E-state index < -0.39 is 20.9 Å². The number of carbonyl (C=O) groups excluding carboxylic acids is 1. The molecule has 0 spiro atoms. The molecule has 1 aromatic carbocycles. The summed E-state index contributed by atoms with van der Waals surface area (Å²) >= 11 is 0. The number of primary sulfonamides is 1. The summed E-state index contributed by atoms with van der Waals surface area (Å²) in [6.07, 6.45) is -0.00143. The summed E-state index contributed by atoms with van der Waals surface area (Å²) in [6, 6.07) is 3.98. The van der Waals surface area contributed by atoms with E-state index in [4.69, 9.17) is 10.2 Å². The van der Waals surface area contributed by atoms with Gasteiger partial charge in [0.2, 0.25) is 15.9 Å². The molecular weight excluding hydrogens is 340 g/mol. The third-order valence-electron chi connectivity index (χ3n) is 3.58. The van der Waals surface area contributed by atoms with Crippen molar-refractivity contribution >= 4 is 33.0 Å². The lowest BCUT2D eigenvalue weighted by atomic mass is 10.1. The number of sulfonamides is 1. The van der Waals surface area contributed by atoms with Gasteiger partial charge in [-0.25, -0.2) is 13.6 Å². The maximum atomic E-state index is 12.2. The third-order valence-corrected chi connectivity index (χ3v) is 4.52. The van der Waals surface area contributed by atoms with Crippen molar-refractivity contribution in [2.75, 3.05) is 35.7 Å². The smallest absolute Gasteiger partial charge is 0.271 e. The van der Waals surface area contributed by atoms with Gasteiger partial charge in [0.1, 0.15) is 0 Å². The Hall–Kier alpha value is -2.24. The van der Waals surface area contributed by atoms with Crippen LogP contribution in [0.1, 0.15) is 6.42 Å². The molecule has 1 heterocycles. The molecular formula is C13H18N4O6S. The van der Waals surface area contributed by atoms with Crippen LogP contribution in [0, 0.1) is 16.0 Å². The first-order chi connectivity index (χ1) is 11.2. The monoisotopic (exact) mass is 358 g/mol. The van der Waals surface area contributed by atoms with Crippen LogP contribution in [0.2, 0.25) is 0 Å². The van der Waals surface area contributed by atoms with Crippen molar-refractivity contribution in [3.63, 3.8) is 0 Å². The van der Waals surface area contributed by atoms with E-state index in [1.165, 1.54) is 23.1 Å². The molecule has 1 amide bonds. The van der Waals surface area contributed by atoms with E-state index in [1.54, 1.807) is 0 Å². The van der Waals surface area contributed by atoms with Gasteiger partial charge in [-0.2, -0.15) is 0 Å². The summed E-state index contributed by atoms with van der Waals surface area (Å²) in [5.41, 5.74) is 0.529. The Morgan fingerprint density at radius 2 is 2.17 bits per heavy atom. The molecule has 1 aliphatic heterocycles. The van der Waals surface area contributed by atoms with Gasteiger partial charge >= 0.3 is 0 Å². The molecule has 1 atom stereocenters. The Kier molecular flexibility index (Phi) is 5.36. The summed E-state index contributed by atoms with van der Waals surface area (Å²) in [7, 11) is -3.72. The molecule has 0 saturated carbocycles. The Morgan fingerprint density at radius 3 is 2.75 bits per heavy atom. The lowest BCUT2D eigenvalue weighted by molar-refractivity contribution is -0.384. The van der Waals surface area contributed by atoms with Crippen molar-refractivity contribution < 1.29 is 23.2 Å². The van der Waals surface area contributed by atoms with Gasteiger partial charge in [-0.05, 0) is 6.07 Å². The SMILES string of the molecule is NS(=O)(=O)CC1CC(=O)N(c2cc([N+](=O)[O-])ccc2NCCO)C1. The highest BCUT2D eigenvalue weighted by Crippen LogP contribution is 2.34. The lowest BCUT2D eigenvalue weighted by Crippen LogP contribution is -2.28. The van der Waals surface area contributed by atoms with Gasteiger partial charge in [-0.15, -0.1) is 0 Å². The van der Waals surface area contributed by atoms with Crippen molar-refractivity contribution in [3.05, 3.63) is 28.3 Å². The average molecular weight is 358 g/mol. The van der Waals surface area contributed by atoms with E-state index in [9.17, 15) is 23.3 Å². The number of carbonyl (C=O) groups is 1. The van der Waals surface area contributed by atoms with E-state index in [0.29, 0.717) is 5.69 Å². The summed E-state index contributed by atoms with van der Waals surface area (Å²) in [5.74, 6) is -1.14. The fraction of sp³-hybridized carbons (Fsp3) is 0.462. The molecule has 10 nitrogen and oxygen atoms in total. The zero-order chi connectivity index (χ0) is 17.9. The van der Waals surface area contributed by atoms with Gasteiger partial charge in [0.15, 0.2) is 0 Å². The second kappa shape index (κ2) is 7.11. The fourth-order valence-corrected chi connectivity index (χ4v) is 3.53. The number of hydrogen-bond donors (Lipinski definition) is 3. The van der Waals surface area contributed by atoms with Crippen LogP contribution in [0.15, 0.2) is 18.2 Å².